The summed E-state index contributed by atoms with van der Waals surface area (Å²) in [6.45, 7) is 0.965. The summed E-state index contributed by atoms with van der Waals surface area (Å²) in [4.78, 5) is 3.60. The van der Waals surface area contributed by atoms with Crippen LogP contribution in [0.3, 0.4) is 0 Å². The second-order valence-electron chi connectivity index (χ2n) is 4.12. The Morgan fingerprint density at radius 2 is 2.24 bits per heavy atom. The van der Waals surface area contributed by atoms with Crippen LogP contribution in [0.5, 0.6) is 0 Å². The predicted octanol–water partition coefficient (Wildman–Crippen LogP) is 0.745. The van der Waals surface area contributed by atoms with Gasteiger partial charge in [0.05, 0.1) is 0 Å². The fraction of sp³-hybridized carbons (Fsp3) is 0.778. The Labute approximate surface area is 95.0 Å². The van der Waals surface area contributed by atoms with Gasteiger partial charge in [0.15, 0.2) is 11.4 Å². The third-order valence-corrected chi connectivity index (χ3v) is 2.59. The summed E-state index contributed by atoms with van der Waals surface area (Å²) in [7, 11) is 0. The van der Waals surface area contributed by atoms with Crippen LogP contribution < -0.4 is 5.32 Å². The van der Waals surface area contributed by atoms with Crippen molar-refractivity contribution in [1.29, 1.82) is 0 Å². The lowest BCUT2D eigenvalue weighted by Crippen LogP contribution is -2.43. The van der Waals surface area contributed by atoms with E-state index in [9.17, 15) is 18.3 Å². The first-order chi connectivity index (χ1) is 7.89. The highest BCUT2D eigenvalue weighted by Crippen LogP contribution is 2.28. The molecule has 0 bridgehead atoms. The van der Waals surface area contributed by atoms with Crippen LogP contribution in [0.15, 0.2) is 4.52 Å². The molecular weight excluding hydrogens is 239 g/mol. The van der Waals surface area contributed by atoms with E-state index in [2.05, 4.69) is 15.5 Å². The minimum Gasteiger partial charge on any atom is -0.379 e. The summed E-state index contributed by atoms with van der Waals surface area (Å²) in [5, 5.41) is 16.3. The van der Waals surface area contributed by atoms with Crippen molar-refractivity contribution >= 4 is 0 Å². The van der Waals surface area contributed by atoms with Crippen molar-refractivity contribution in [2.45, 2.75) is 31.0 Å². The maximum absolute atomic E-state index is 12.1. The van der Waals surface area contributed by atoms with Crippen molar-refractivity contribution in [2.24, 2.45) is 0 Å². The molecule has 1 fully saturated rings. The predicted molar refractivity (Wildman–Crippen MR) is 50.1 cm³/mol. The van der Waals surface area contributed by atoms with Crippen LogP contribution in [0.25, 0.3) is 0 Å². The largest absolute Gasteiger partial charge is 0.396 e. The second kappa shape index (κ2) is 4.26. The Morgan fingerprint density at radius 1 is 1.47 bits per heavy atom. The van der Waals surface area contributed by atoms with Gasteiger partial charge in [-0.1, -0.05) is 5.16 Å². The molecular formula is C9H12F3N3O2. The van der Waals surface area contributed by atoms with E-state index in [1.54, 1.807) is 0 Å². The van der Waals surface area contributed by atoms with Gasteiger partial charge in [-0.25, -0.2) is 0 Å². The molecule has 1 saturated heterocycles. The Hall–Kier alpha value is -1.15. The van der Waals surface area contributed by atoms with Crippen LogP contribution in [0, 0.1) is 0 Å². The molecule has 0 radical (unpaired) electrons. The number of rotatable bonds is 2. The van der Waals surface area contributed by atoms with Gasteiger partial charge in [0.2, 0.25) is 0 Å². The Kier molecular flexibility index (Phi) is 3.09. The fourth-order valence-corrected chi connectivity index (χ4v) is 1.77. The van der Waals surface area contributed by atoms with Crippen LogP contribution >= 0.6 is 0 Å². The average Bonchev–Trinajstić information content (AvgIpc) is 2.65. The smallest absolute Gasteiger partial charge is 0.379 e. The van der Waals surface area contributed by atoms with Gasteiger partial charge in [-0.15, -0.1) is 0 Å². The molecule has 0 saturated carbocycles. The van der Waals surface area contributed by atoms with Crippen molar-refractivity contribution in [2.75, 3.05) is 13.1 Å². The van der Waals surface area contributed by atoms with E-state index in [1.807, 2.05) is 0 Å². The molecule has 8 heteroatoms. The van der Waals surface area contributed by atoms with E-state index in [0.717, 1.165) is 6.54 Å². The number of hydrogen-bond donors (Lipinski definition) is 2. The maximum atomic E-state index is 12.1. The summed E-state index contributed by atoms with van der Waals surface area (Å²) in [6.07, 6.45) is -4.53. The zero-order valence-corrected chi connectivity index (χ0v) is 8.92. The second-order valence-corrected chi connectivity index (χ2v) is 4.12. The van der Waals surface area contributed by atoms with E-state index in [0.29, 0.717) is 12.8 Å². The molecule has 1 aromatic heterocycles. The molecule has 1 aliphatic rings. The Balaban J connectivity index is 2.12. The number of aliphatic hydroxyl groups is 1. The van der Waals surface area contributed by atoms with Gasteiger partial charge in [0.25, 0.3) is 5.89 Å². The zero-order valence-electron chi connectivity index (χ0n) is 8.92. The van der Waals surface area contributed by atoms with Crippen molar-refractivity contribution in [3.63, 3.8) is 0 Å². The van der Waals surface area contributed by atoms with E-state index in [-0.39, 0.29) is 12.4 Å². The van der Waals surface area contributed by atoms with Crippen LogP contribution in [-0.4, -0.2) is 34.5 Å². The highest BCUT2D eigenvalue weighted by molar-refractivity contribution is 5.02. The van der Waals surface area contributed by atoms with Crippen LogP contribution in [0.1, 0.15) is 24.6 Å². The number of nitrogens with zero attached hydrogens (tertiary/aromatic N) is 2. The van der Waals surface area contributed by atoms with Crippen LogP contribution in [-0.2, 0) is 12.0 Å². The number of β-amino-alcohol motifs (C(OH)–C–C–N with tert-alkyl or cyclic N) is 1. The third-order valence-electron chi connectivity index (χ3n) is 2.59. The molecule has 1 aromatic rings. The number of piperidine rings is 1. The molecule has 5 nitrogen and oxygen atoms in total. The SMILES string of the molecule is OC1(c2nc(CC(F)(F)F)no2)CCCNC1. The number of hydrogen-bond acceptors (Lipinski definition) is 5. The molecule has 17 heavy (non-hydrogen) atoms. The van der Waals surface area contributed by atoms with E-state index in [4.69, 9.17) is 4.52 Å². The summed E-state index contributed by atoms with van der Waals surface area (Å²) in [6, 6.07) is 0. The Bertz CT molecular complexity index is 385. The molecule has 0 aliphatic carbocycles. The van der Waals surface area contributed by atoms with E-state index in [1.165, 1.54) is 0 Å². The summed E-state index contributed by atoms with van der Waals surface area (Å²) in [5.41, 5.74) is -1.35. The molecule has 0 spiro atoms. The van der Waals surface area contributed by atoms with Gasteiger partial charge in [-0.3, -0.25) is 0 Å². The van der Waals surface area contributed by atoms with E-state index >= 15 is 0 Å². The highest BCUT2D eigenvalue weighted by atomic mass is 19.4. The molecule has 2 rings (SSSR count). The molecule has 96 valence electrons. The standard InChI is InChI=1S/C9H12F3N3O2/c10-9(11,12)4-6-14-7(17-15-6)8(16)2-1-3-13-5-8/h13,16H,1-5H2. The van der Waals surface area contributed by atoms with Gasteiger partial charge in [0.1, 0.15) is 6.42 Å². The summed E-state index contributed by atoms with van der Waals surface area (Å²) in [5.74, 6) is -0.601. The quantitative estimate of drug-likeness (QED) is 0.811. The lowest BCUT2D eigenvalue weighted by atomic mass is 9.94. The topological polar surface area (TPSA) is 71.2 Å². The normalized spacial score (nSPS) is 26.1. The number of nitrogens with one attached hydrogen (secondary N) is 1. The molecule has 1 aliphatic heterocycles. The van der Waals surface area contributed by atoms with Crippen molar-refractivity contribution in [3.8, 4) is 0 Å². The molecule has 1 atom stereocenters. The highest BCUT2D eigenvalue weighted by Gasteiger charge is 2.38. The zero-order chi connectivity index (χ0) is 12.5. The third kappa shape index (κ3) is 2.95. The van der Waals surface area contributed by atoms with Gasteiger partial charge in [0, 0.05) is 6.54 Å². The first-order valence-electron chi connectivity index (χ1n) is 5.22. The first kappa shape index (κ1) is 12.3. The molecule has 2 N–H and O–H groups in total. The molecule has 0 aromatic carbocycles. The fourth-order valence-electron chi connectivity index (χ4n) is 1.77. The lowest BCUT2D eigenvalue weighted by Gasteiger charge is -2.28. The van der Waals surface area contributed by atoms with Crippen molar-refractivity contribution in [1.82, 2.24) is 15.5 Å². The molecule has 0 amide bonds. The first-order valence-corrected chi connectivity index (χ1v) is 5.22. The monoisotopic (exact) mass is 251 g/mol. The van der Waals surface area contributed by atoms with Gasteiger partial charge in [-0.05, 0) is 19.4 Å². The van der Waals surface area contributed by atoms with Crippen LogP contribution in [0.2, 0.25) is 0 Å². The molecule has 1 unspecified atom stereocenters. The number of halogens is 3. The number of aromatic nitrogens is 2. The van der Waals surface area contributed by atoms with Gasteiger partial charge in [-0.2, -0.15) is 18.2 Å². The summed E-state index contributed by atoms with van der Waals surface area (Å²) < 4.78 is 41.0. The average molecular weight is 251 g/mol. The van der Waals surface area contributed by atoms with Gasteiger partial charge < -0.3 is 14.9 Å². The van der Waals surface area contributed by atoms with Crippen LogP contribution in [0.4, 0.5) is 13.2 Å². The van der Waals surface area contributed by atoms with Crippen molar-refractivity contribution < 1.29 is 22.8 Å². The lowest BCUT2D eigenvalue weighted by molar-refractivity contribution is -0.128. The number of alkyl halides is 3. The maximum Gasteiger partial charge on any atom is 0.396 e. The molecule has 2 heterocycles. The Morgan fingerprint density at radius 3 is 2.82 bits per heavy atom. The summed E-state index contributed by atoms with van der Waals surface area (Å²) >= 11 is 0. The minimum atomic E-state index is -4.38. The van der Waals surface area contributed by atoms with Crippen molar-refractivity contribution in [3.05, 3.63) is 11.7 Å². The van der Waals surface area contributed by atoms with Gasteiger partial charge >= 0.3 is 6.18 Å². The minimum absolute atomic E-state index is 0.149. The van der Waals surface area contributed by atoms with E-state index < -0.39 is 24.0 Å².